The van der Waals surface area contributed by atoms with Gasteiger partial charge in [0, 0.05) is 12.4 Å². The summed E-state index contributed by atoms with van der Waals surface area (Å²) in [6.07, 6.45) is 4.61. The molecule has 2 aromatic heterocycles. The van der Waals surface area contributed by atoms with Crippen LogP contribution in [0.2, 0.25) is 0 Å². The molecule has 26 heavy (non-hydrogen) atoms. The number of hydrogen-bond donors (Lipinski definition) is 1. The van der Waals surface area contributed by atoms with Gasteiger partial charge in [-0.15, -0.1) is 0 Å². The Bertz CT molecular complexity index is 964. The van der Waals surface area contributed by atoms with E-state index in [2.05, 4.69) is 10.3 Å². The number of methoxy groups -OCH3 is 1. The second-order valence-electron chi connectivity index (χ2n) is 6.61. The molecule has 6 nitrogen and oxygen atoms in total. The van der Waals surface area contributed by atoms with Crippen LogP contribution >= 0.6 is 0 Å². The Hall–Kier alpha value is -3.02. The third kappa shape index (κ3) is 3.22. The fraction of sp³-hybridized carbons (Fsp3) is 0.300. The van der Waals surface area contributed by atoms with E-state index in [1.54, 1.807) is 7.11 Å². The molecular weight excluding hydrogens is 330 g/mol. The first kappa shape index (κ1) is 16.4. The normalized spacial score (nSPS) is 16.0. The number of carbonyl (C=O) groups excluding carboxylic acids is 1. The van der Waals surface area contributed by atoms with Gasteiger partial charge in [-0.3, -0.25) is 4.79 Å². The van der Waals surface area contributed by atoms with Gasteiger partial charge in [0.1, 0.15) is 23.8 Å². The molecule has 4 rings (SSSR count). The van der Waals surface area contributed by atoms with Crippen molar-refractivity contribution in [2.75, 3.05) is 13.7 Å². The Balaban J connectivity index is 1.41. The molecule has 1 aliphatic rings. The van der Waals surface area contributed by atoms with Gasteiger partial charge in [0.2, 0.25) is 5.91 Å². The molecule has 6 heteroatoms. The summed E-state index contributed by atoms with van der Waals surface area (Å²) in [4.78, 5) is 17.1. The summed E-state index contributed by atoms with van der Waals surface area (Å²) in [5, 5.41) is 2.98. The molecule has 1 N–H and O–H groups in total. The van der Waals surface area contributed by atoms with E-state index in [1.165, 1.54) is 5.56 Å². The standard InChI is InChI=1S/C20H21N3O3/c1-13-3-6-19-22-16(11-23(19)10-13)9-21-20(24)15-7-14-8-17(25-2)4-5-18(14)26-12-15/h3-6,8,10-11,15H,7,9,12H2,1-2H3,(H,21,24). The van der Waals surface area contributed by atoms with E-state index in [0.717, 1.165) is 28.4 Å². The smallest absolute Gasteiger partial charge is 0.227 e. The van der Waals surface area contributed by atoms with Crippen LogP contribution in [-0.2, 0) is 17.8 Å². The third-order valence-electron chi connectivity index (χ3n) is 4.64. The first-order valence-electron chi connectivity index (χ1n) is 8.64. The second-order valence-corrected chi connectivity index (χ2v) is 6.61. The maximum Gasteiger partial charge on any atom is 0.227 e. The molecule has 0 aliphatic carbocycles. The lowest BCUT2D eigenvalue weighted by atomic mass is 9.96. The summed E-state index contributed by atoms with van der Waals surface area (Å²) >= 11 is 0. The SMILES string of the molecule is COc1ccc2c(c1)CC(C(=O)NCc1cn3cc(C)ccc3n1)CO2. The molecule has 1 aromatic carbocycles. The van der Waals surface area contributed by atoms with Gasteiger partial charge >= 0.3 is 0 Å². The lowest BCUT2D eigenvalue weighted by Gasteiger charge is -2.24. The van der Waals surface area contributed by atoms with Gasteiger partial charge in [0.25, 0.3) is 0 Å². The average molecular weight is 351 g/mol. The minimum Gasteiger partial charge on any atom is -0.497 e. The van der Waals surface area contributed by atoms with Crippen molar-refractivity contribution in [1.29, 1.82) is 0 Å². The summed E-state index contributed by atoms with van der Waals surface area (Å²) in [6, 6.07) is 9.68. The number of imidazole rings is 1. The van der Waals surface area contributed by atoms with Crippen molar-refractivity contribution in [1.82, 2.24) is 14.7 Å². The lowest BCUT2D eigenvalue weighted by Crippen LogP contribution is -2.37. The van der Waals surface area contributed by atoms with Crippen LogP contribution in [0.25, 0.3) is 5.65 Å². The Morgan fingerprint density at radius 3 is 3.08 bits per heavy atom. The van der Waals surface area contributed by atoms with Crippen molar-refractivity contribution < 1.29 is 14.3 Å². The van der Waals surface area contributed by atoms with Crippen LogP contribution in [0.3, 0.4) is 0 Å². The summed E-state index contributed by atoms with van der Waals surface area (Å²) in [7, 11) is 1.63. The number of fused-ring (bicyclic) bond motifs is 2. The van der Waals surface area contributed by atoms with Crippen LogP contribution < -0.4 is 14.8 Å². The van der Waals surface area contributed by atoms with Crippen molar-refractivity contribution >= 4 is 11.6 Å². The highest BCUT2D eigenvalue weighted by Gasteiger charge is 2.26. The fourth-order valence-electron chi connectivity index (χ4n) is 3.23. The second kappa shape index (κ2) is 6.71. The van der Waals surface area contributed by atoms with E-state index in [0.29, 0.717) is 19.6 Å². The zero-order chi connectivity index (χ0) is 18.1. The fourth-order valence-corrected chi connectivity index (χ4v) is 3.23. The number of aromatic nitrogens is 2. The van der Waals surface area contributed by atoms with Crippen molar-refractivity contribution in [2.24, 2.45) is 5.92 Å². The monoisotopic (exact) mass is 351 g/mol. The molecule has 1 aliphatic heterocycles. The van der Waals surface area contributed by atoms with E-state index in [1.807, 2.05) is 54.0 Å². The van der Waals surface area contributed by atoms with Gasteiger partial charge in [-0.25, -0.2) is 4.98 Å². The van der Waals surface area contributed by atoms with Crippen LogP contribution in [0.15, 0.2) is 42.7 Å². The highest BCUT2D eigenvalue weighted by Crippen LogP contribution is 2.30. The number of aryl methyl sites for hydroxylation is 1. The molecule has 1 amide bonds. The summed E-state index contributed by atoms with van der Waals surface area (Å²) in [5.41, 5.74) is 3.88. The van der Waals surface area contributed by atoms with E-state index >= 15 is 0 Å². The number of benzene rings is 1. The van der Waals surface area contributed by atoms with Gasteiger partial charge in [-0.05, 0) is 48.7 Å². The number of carbonyl (C=O) groups is 1. The van der Waals surface area contributed by atoms with Crippen LogP contribution in [0.1, 0.15) is 16.8 Å². The number of nitrogens with one attached hydrogen (secondary N) is 1. The van der Waals surface area contributed by atoms with Gasteiger partial charge in [-0.1, -0.05) is 6.07 Å². The predicted molar refractivity (Wildman–Crippen MR) is 97.5 cm³/mol. The maximum absolute atomic E-state index is 12.5. The molecule has 3 heterocycles. The zero-order valence-corrected chi connectivity index (χ0v) is 14.9. The van der Waals surface area contributed by atoms with Crippen LogP contribution in [0.4, 0.5) is 0 Å². The van der Waals surface area contributed by atoms with Gasteiger partial charge in [0.15, 0.2) is 0 Å². The largest absolute Gasteiger partial charge is 0.497 e. The number of hydrogen-bond acceptors (Lipinski definition) is 4. The van der Waals surface area contributed by atoms with Crippen molar-refractivity contribution in [3.05, 3.63) is 59.5 Å². The summed E-state index contributed by atoms with van der Waals surface area (Å²) in [5.74, 6) is 1.36. The predicted octanol–water partition coefficient (Wildman–Crippen LogP) is 2.52. The first-order chi connectivity index (χ1) is 12.6. The lowest BCUT2D eigenvalue weighted by molar-refractivity contribution is -0.126. The molecule has 0 fully saturated rings. The molecular formula is C20H21N3O3. The molecule has 0 radical (unpaired) electrons. The summed E-state index contributed by atoms with van der Waals surface area (Å²) in [6.45, 7) is 2.83. The maximum atomic E-state index is 12.5. The highest BCUT2D eigenvalue weighted by molar-refractivity contribution is 5.79. The third-order valence-corrected chi connectivity index (χ3v) is 4.64. The van der Waals surface area contributed by atoms with E-state index in [-0.39, 0.29) is 11.8 Å². The van der Waals surface area contributed by atoms with Gasteiger partial charge < -0.3 is 19.2 Å². The van der Waals surface area contributed by atoms with Crippen molar-refractivity contribution in [3.8, 4) is 11.5 Å². The number of nitrogens with zero attached hydrogens (tertiary/aromatic N) is 2. The zero-order valence-electron chi connectivity index (χ0n) is 14.9. The first-order valence-corrected chi connectivity index (χ1v) is 8.64. The summed E-state index contributed by atoms with van der Waals surface area (Å²) < 4.78 is 13.0. The van der Waals surface area contributed by atoms with Crippen LogP contribution in [0.5, 0.6) is 11.5 Å². The average Bonchev–Trinajstić information content (AvgIpc) is 3.07. The van der Waals surface area contributed by atoms with Crippen molar-refractivity contribution in [2.45, 2.75) is 19.9 Å². The Morgan fingerprint density at radius 2 is 2.23 bits per heavy atom. The number of ether oxygens (including phenoxy) is 2. The van der Waals surface area contributed by atoms with E-state index in [4.69, 9.17) is 9.47 Å². The quantitative estimate of drug-likeness (QED) is 0.784. The van der Waals surface area contributed by atoms with Gasteiger partial charge in [0.05, 0.1) is 25.3 Å². The topological polar surface area (TPSA) is 64.9 Å². The minimum absolute atomic E-state index is 0.0216. The Morgan fingerprint density at radius 1 is 1.35 bits per heavy atom. The molecule has 0 saturated heterocycles. The number of amides is 1. The number of pyridine rings is 1. The van der Waals surface area contributed by atoms with E-state index in [9.17, 15) is 4.79 Å². The number of rotatable bonds is 4. The molecule has 3 aromatic rings. The molecule has 0 spiro atoms. The van der Waals surface area contributed by atoms with Crippen LogP contribution in [-0.4, -0.2) is 29.0 Å². The molecule has 1 unspecified atom stereocenters. The minimum atomic E-state index is -0.214. The van der Waals surface area contributed by atoms with Crippen LogP contribution in [0, 0.1) is 12.8 Å². The molecule has 134 valence electrons. The Kier molecular flexibility index (Phi) is 4.24. The van der Waals surface area contributed by atoms with Crippen molar-refractivity contribution in [3.63, 3.8) is 0 Å². The highest BCUT2D eigenvalue weighted by atomic mass is 16.5. The molecule has 1 atom stereocenters. The Labute approximate surface area is 151 Å². The van der Waals surface area contributed by atoms with Gasteiger partial charge in [-0.2, -0.15) is 0 Å². The van der Waals surface area contributed by atoms with E-state index < -0.39 is 0 Å². The molecule has 0 saturated carbocycles. The molecule has 0 bridgehead atoms.